The largest absolute Gasteiger partial charge is 0.496 e. The van der Waals surface area contributed by atoms with Crippen molar-refractivity contribution in [2.24, 2.45) is 0 Å². The van der Waals surface area contributed by atoms with Crippen molar-refractivity contribution in [3.63, 3.8) is 0 Å². The molecule has 18 heavy (non-hydrogen) atoms. The molecule has 0 saturated carbocycles. The van der Waals surface area contributed by atoms with E-state index in [0.717, 1.165) is 21.5 Å². The zero-order valence-corrected chi connectivity index (χ0v) is 12.0. The van der Waals surface area contributed by atoms with Gasteiger partial charge in [-0.1, -0.05) is 15.9 Å². The summed E-state index contributed by atoms with van der Waals surface area (Å²) in [5, 5.41) is 3.28. The summed E-state index contributed by atoms with van der Waals surface area (Å²) in [5.74, 6) is 2.39. The number of oxazole rings is 1. The van der Waals surface area contributed by atoms with E-state index in [-0.39, 0.29) is 0 Å². The zero-order chi connectivity index (χ0) is 13.0. The van der Waals surface area contributed by atoms with Crippen LogP contribution in [0.15, 0.2) is 33.3 Å². The summed E-state index contributed by atoms with van der Waals surface area (Å²) < 4.78 is 11.7. The minimum absolute atomic E-state index is 0.601. The van der Waals surface area contributed by atoms with Gasteiger partial charge in [-0.3, -0.25) is 0 Å². The Kier molecular flexibility index (Phi) is 4.38. The molecule has 0 bridgehead atoms. The average molecular weight is 311 g/mol. The molecule has 4 nitrogen and oxygen atoms in total. The monoisotopic (exact) mass is 310 g/mol. The van der Waals surface area contributed by atoms with Gasteiger partial charge in [0.05, 0.1) is 19.9 Å². The Morgan fingerprint density at radius 1 is 1.39 bits per heavy atom. The Labute approximate surface area is 114 Å². The van der Waals surface area contributed by atoms with Gasteiger partial charge in [0.25, 0.3) is 0 Å². The van der Waals surface area contributed by atoms with Crippen molar-refractivity contribution < 1.29 is 9.15 Å². The number of halogens is 1. The van der Waals surface area contributed by atoms with Gasteiger partial charge in [0, 0.05) is 16.6 Å². The van der Waals surface area contributed by atoms with Gasteiger partial charge in [-0.25, -0.2) is 4.98 Å². The average Bonchev–Trinajstić information content (AvgIpc) is 2.75. The molecule has 0 aliphatic heterocycles. The molecule has 96 valence electrons. The summed E-state index contributed by atoms with van der Waals surface area (Å²) in [4.78, 5) is 4.14. The molecule has 1 aromatic carbocycles. The van der Waals surface area contributed by atoms with Gasteiger partial charge < -0.3 is 14.5 Å². The number of aromatic nitrogens is 1. The molecule has 1 aromatic heterocycles. The number of nitrogens with one attached hydrogen (secondary N) is 1. The molecule has 0 amide bonds. The lowest BCUT2D eigenvalue weighted by molar-refractivity contribution is 0.405. The molecule has 2 rings (SSSR count). The third-order valence-electron chi connectivity index (χ3n) is 2.50. The molecular weight excluding hydrogens is 296 g/mol. The van der Waals surface area contributed by atoms with Crippen LogP contribution in [0.1, 0.15) is 17.2 Å². The van der Waals surface area contributed by atoms with E-state index >= 15 is 0 Å². The molecular formula is C13H15BrN2O2. The lowest BCUT2D eigenvalue weighted by Crippen LogP contribution is -2.13. The predicted molar refractivity (Wildman–Crippen MR) is 72.5 cm³/mol. The van der Waals surface area contributed by atoms with Gasteiger partial charge in [0.15, 0.2) is 0 Å². The molecule has 0 atom stereocenters. The standard InChI is InChI=1S/C13H15BrN2O2/c1-9-6-16-13(18-9)8-15-7-10-5-11(14)3-4-12(10)17-2/h3-6,15H,7-8H2,1-2H3. The summed E-state index contributed by atoms with van der Waals surface area (Å²) >= 11 is 3.45. The number of nitrogens with zero attached hydrogens (tertiary/aromatic N) is 1. The molecule has 0 aliphatic rings. The number of benzene rings is 1. The van der Waals surface area contributed by atoms with Crippen LogP contribution in [0.5, 0.6) is 5.75 Å². The van der Waals surface area contributed by atoms with Crippen molar-refractivity contribution in [3.05, 3.63) is 46.1 Å². The summed E-state index contributed by atoms with van der Waals surface area (Å²) in [6.07, 6.45) is 1.72. The SMILES string of the molecule is COc1ccc(Br)cc1CNCc1ncc(C)o1. The Bertz CT molecular complexity index is 525. The van der Waals surface area contributed by atoms with E-state index in [1.165, 1.54) is 0 Å². The van der Waals surface area contributed by atoms with Crippen LogP contribution >= 0.6 is 15.9 Å². The van der Waals surface area contributed by atoms with Gasteiger partial charge in [-0.2, -0.15) is 0 Å². The van der Waals surface area contributed by atoms with Gasteiger partial charge >= 0.3 is 0 Å². The number of hydrogen-bond acceptors (Lipinski definition) is 4. The lowest BCUT2D eigenvalue weighted by atomic mass is 10.2. The second kappa shape index (κ2) is 6.02. The van der Waals surface area contributed by atoms with E-state index in [2.05, 4.69) is 26.2 Å². The molecule has 0 radical (unpaired) electrons. The van der Waals surface area contributed by atoms with Crippen molar-refractivity contribution in [3.8, 4) is 5.75 Å². The van der Waals surface area contributed by atoms with Crippen LogP contribution in [0, 0.1) is 6.92 Å². The maximum atomic E-state index is 5.39. The Morgan fingerprint density at radius 3 is 2.89 bits per heavy atom. The molecule has 0 saturated heterocycles. The Hall–Kier alpha value is -1.33. The van der Waals surface area contributed by atoms with E-state index in [1.54, 1.807) is 13.3 Å². The molecule has 2 aromatic rings. The number of hydrogen-bond donors (Lipinski definition) is 1. The normalized spacial score (nSPS) is 10.6. The minimum Gasteiger partial charge on any atom is -0.496 e. The molecule has 0 aliphatic carbocycles. The summed E-state index contributed by atoms with van der Waals surface area (Å²) in [6, 6.07) is 5.93. The minimum atomic E-state index is 0.601. The second-order valence-corrected chi connectivity index (χ2v) is 4.84. The van der Waals surface area contributed by atoms with Crippen molar-refractivity contribution in [1.29, 1.82) is 0 Å². The van der Waals surface area contributed by atoms with Crippen LogP contribution in [0.4, 0.5) is 0 Å². The summed E-state index contributed by atoms with van der Waals surface area (Å²) in [5.41, 5.74) is 1.09. The molecule has 5 heteroatoms. The van der Waals surface area contributed by atoms with E-state index in [0.29, 0.717) is 19.0 Å². The van der Waals surface area contributed by atoms with Gasteiger partial charge in [0.2, 0.25) is 5.89 Å². The lowest BCUT2D eigenvalue weighted by Gasteiger charge is -2.09. The van der Waals surface area contributed by atoms with Crippen LogP contribution < -0.4 is 10.1 Å². The third-order valence-corrected chi connectivity index (χ3v) is 3.00. The Balaban J connectivity index is 1.95. The predicted octanol–water partition coefficient (Wildman–Crippen LogP) is 3.04. The second-order valence-electron chi connectivity index (χ2n) is 3.92. The first kappa shape index (κ1) is 13.1. The van der Waals surface area contributed by atoms with E-state index in [1.807, 2.05) is 25.1 Å². The maximum Gasteiger partial charge on any atom is 0.208 e. The Morgan fingerprint density at radius 2 is 2.22 bits per heavy atom. The molecule has 0 fully saturated rings. The van der Waals surface area contributed by atoms with Crippen LogP contribution in [-0.2, 0) is 13.1 Å². The number of aryl methyl sites for hydroxylation is 1. The molecule has 1 N–H and O–H groups in total. The molecule has 0 unspecified atom stereocenters. The van der Waals surface area contributed by atoms with Crippen LogP contribution in [0.3, 0.4) is 0 Å². The highest BCUT2D eigenvalue weighted by Crippen LogP contribution is 2.22. The third kappa shape index (κ3) is 3.34. The van der Waals surface area contributed by atoms with E-state index < -0.39 is 0 Å². The fourth-order valence-corrected chi connectivity index (χ4v) is 2.08. The van der Waals surface area contributed by atoms with Crippen LogP contribution in [0.2, 0.25) is 0 Å². The maximum absolute atomic E-state index is 5.39. The van der Waals surface area contributed by atoms with E-state index in [4.69, 9.17) is 9.15 Å². The van der Waals surface area contributed by atoms with Gasteiger partial charge in [0.1, 0.15) is 11.5 Å². The van der Waals surface area contributed by atoms with Crippen LogP contribution in [0.25, 0.3) is 0 Å². The first-order valence-corrected chi connectivity index (χ1v) is 6.43. The van der Waals surface area contributed by atoms with Gasteiger partial charge in [-0.15, -0.1) is 0 Å². The number of ether oxygens (including phenoxy) is 1. The highest BCUT2D eigenvalue weighted by molar-refractivity contribution is 9.10. The highest BCUT2D eigenvalue weighted by atomic mass is 79.9. The van der Waals surface area contributed by atoms with Crippen molar-refractivity contribution in [2.75, 3.05) is 7.11 Å². The smallest absolute Gasteiger partial charge is 0.208 e. The van der Waals surface area contributed by atoms with E-state index in [9.17, 15) is 0 Å². The number of rotatable bonds is 5. The fraction of sp³-hybridized carbons (Fsp3) is 0.308. The first-order chi connectivity index (χ1) is 8.69. The zero-order valence-electron chi connectivity index (χ0n) is 10.4. The van der Waals surface area contributed by atoms with Gasteiger partial charge in [-0.05, 0) is 25.1 Å². The van der Waals surface area contributed by atoms with Crippen LogP contribution in [-0.4, -0.2) is 12.1 Å². The highest BCUT2D eigenvalue weighted by Gasteiger charge is 2.05. The topological polar surface area (TPSA) is 47.3 Å². The quantitative estimate of drug-likeness (QED) is 0.922. The summed E-state index contributed by atoms with van der Waals surface area (Å²) in [7, 11) is 1.67. The van der Waals surface area contributed by atoms with Crippen molar-refractivity contribution >= 4 is 15.9 Å². The fourth-order valence-electron chi connectivity index (χ4n) is 1.67. The summed E-state index contributed by atoms with van der Waals surface area (Å²) in [6.45, 7) is 3.18. The van der Waals surface area contributed by atoms with Crippen molar-refractivity contribution in [1.82, 2.24) is 10.3 Å². The molecule has 1 heterocycles. The molecule has 0 spiro atoms. The van der Waals surface area contributed by atoms with Crippen molar-refractivity contribution in [2.45, 2.75) is 20.0 Å². The first-order valence-electron chi connectivity index (χ1n) is 5.63. The number of methoxy groups -OCH3 is 1.